The van der Waals surface area contributed by atoms with Gasteiger partial charge in [0.05, 0.1) is 28.5 Å². The largest absolute Gasteiger partial charge is 0.508 e. The third-order valence-corrected chi connectivity index (χ3v) is 4.35. The van der Waals surface area contributed by atoms with Crippen LogP contribution < -0.4 is 5.56 Å². The van der Waals surface area contributed by atoms with E-state index in [2.05, 4.69) is 5.10 Å². The first-order chi connectivity index (χ1) is 8.46. The number of H-pyrrole nitrogens is 1. The highest BCUT2D eigenvalue weighted by atomic mass is 32.2. The van der Waals surface area contributed by atoms with Gasteiger partial charge in [-0.3, -0.25) is 9.89 Å². The summed E-state index contributed by atoms with van der Waals surface area (Å²) in [7, 11) is -3.19. The van der Waals surface area contributed by atoms with E-state index in [1.165, 1.54) is 16.8 Å². The highest BCUT2D eigenvalue weighted by molar-refractivity contribution is 7.90. The molecule has 1 aliphatic heterocycles. The molecule has 0 amide bonds. The SMILES string of the molecule is O=c1c2c([nH]n1-c1cccc(O)c1)CS(=O)(=O)C2. The number of benzene rings is 1. The van der Waals surface area contributed by atoms with E-state index in [0.717, 1.165) is 0 Å². The first-order valence-electron chi connectivity index (χ1n) is 5.29. The summed E-state index contributed by atoms with van der Waals surface area (Å²) in [6.45, 7) is 0. The molecule has 0 saturated carbocycles. The van der Waals surface area contributed by atoms with Crippen molar-refractivity contribution in [3.8, 4) is 11.4 Å². The number of rotatable bonds is 1. The number of fused-ring (bicyclic) bond motifs is 1. The van der Waals surface area contributed by atoms with E-state index in [-0.39, 0.29) is 22.8 Å². The van der Waals surface area contributed by atoms with Gasteiger partial charge in [0.2, 0.25) is 0 Å². The molecule has 0 spiro atoms. The van der Waals surface area contributed by atoms with Crippen molar-refractivity contribution < 1.29 is 13.5 Å². The summed E-state index contributed by atoms with van der Waals surface area (Å²) in [5.41, 5.74) is 0.824. The van der Waals surface area contributed by atoms with Gasteiger partial charge in [0.25, 0.3) is 5.56 Å². The zero-order chi connectivity index (χ0) is 12.9. The topological polar surface area (TPSA) is 92.2 Å². The van der Waals surface area contributed by atoms with Crippen LogP contribution in [0, 0.1) is 0 Å². The van der Waals surface area contributed by atoms with E-state index in [4.69, 9.17) is 0 Å². The molecule has 0 atom stereocenters. The maximum Gasteiger partial charge on any atom is 0.275 e. The molecule has 1 aromatic heterocycles. The molecule has 2 heterocycles. The van der Waals surface area contributed by atoms with Crippen LogP contribution in [0.15, 0.2) is 29.1 Å². The van der Waals surface area contributed by atoms with E-state index in [1.54, 1.807) is 12.1 Å². The molecule has 2 aromatic rings. The Morgan fingerprint density at radius 1 is 1.28 bits per heavy atom. The lowest BCUT2D eigenvalue weighted by atomic mass is 10.3. The van der Waals surface area contributed by atoms with Gasteiger partial charge in [0.15, 0.2) is 9.84 Å². The van der Waals surface area contributed by atoms with E-state index in [9.17, 15) is 18.3 Å². The second kappa shape index (κ2) is 3.49. The lowest BCUT2D eigenvalue weighted by molar-refractivity contribution is 0.474. The minimum atomic E-state index is -3.19. The standard InChI is InChI=1S/C11H10N2O4S/c14-8-3-1-2-7(4-8)13-11(15)9-5-18(16,17)6-10(9)12-13/h1-4,12,14H,5-6H2. The Hall–Kier alpha value is -2.02. The molecule has 0 unspecified atom stereocenters. The zero-order valence-corrected chi connectivity index (χ0v) is 10.1. The molecule has 0 saturated heterocycles. The van der Waals surface area contributed by atoms with Gasteiger partial charge < -0.3 is 5.11 Å². The fraction of sp³-hybridized carbons (Fsp3) is 0.182. The van der Waals surface area contributed by atoms with Crippen molar-refractivity contribution in [3.63, 3.8) is 0 Å². The van der Waals surface area contributed by atoms with Gasteiger partial charge in [-0.05, 0) is 12.1 Å². The van der Waals surface area contributed by atoms with Crippen LogP contribution in [0.5, 0.6) is 5.75 Å². The Bertz CT molecular complexity index is 786. The molecule has 6 nitrogen and oxygen atoms in total. The van der Waals surface area contributed by atoms with Crippen LogP contribution in [0.4, 0.5) is 0 Å². The van der Waals surface area contributed by atoms with Gasteiger partial charge in [-0.1, -0.05) is 6.07 Å². The number of nitrogens with zero attached hydrogens (tertiary/aromatic N) is 1. The molecule has 1 aliphatic rings. The molecule has 0 radical (unpaired) electrons. The van der Waals surface area contributed by atoms with E-state index < -0.39 is 9.84 Å². The summed E-state index contributed by atoms with van der Waals surface area (Å²) in [6.07, 6.45) is 0. The Balaban J connectivity index is 2.16. The van der Waals surface area contributed by atoms with Gasteiger partial charge in [0, 0.05) is 6.07 Å². The molecule has 18 heavy (non-hydrogen) atoms. The van der Waals surface area contributed by atoms with Gasteiger partial charge in [-0.15, -0.1) is 0 Å². The number of phenolic OH excluding ortho intramolecular Hbond substituents is 1. The zero-order valence-electron chi connectivity index (χ0n) is 9.25. The molecule has 0 fully saturated rings. The smallest absolute Gasteiger partial charge is 0.275 e. The van der Waals surface area contributed by atoms with E-state index >= 15 is 0 Å². The predicted octanol–water partition coefficient (Wildman–Crippen LogP) is 0.300. The average Bonchev–Trinajstić information content (AvgIpc) is 2.73. The van der Waals surface area contributed by atoms with Crippen molar-refractivity contribution in [1.82, 2.24) is 9.78 Å². The maximum atomic E-state index is 12.0. The second-order valence-corrected chi connectivity index (χ2v) is 6.33. The second-order valence-electron chi connectivity index (χ2n) is 4.26. The number of hydrogen-bond donors (Lipinski definition) is 2. The summed E-state index contributed by atoms with van der Waals surface area (Å²) in [4.78, 5) is 12.0. The van der Waals surface area contributed by atoms with Crippen molar-refractivity contribution >= 4 is 9.84 Å². The first-order valence-corrected chi connectivity index (χ1v) is 7.11. The highest BCUT2D eigenvalue weighted by Gasteiger charge is 2.30. The summed E-state index contributed by atoms with van der Waals surface area (Å²) in [5, 5.41) is 12.1. The van der Waals surface area contributed by atoms with Crippen molar-refractivity contribution in [2.75, 3.05) is 0 Å². The third-order valence-electron chi connectivity index (χ3n) is 2.89. The molecule has 94 valence electrons. The van der Waals surface area contributed by atoms with Crippen LogP contribution in [0.25, 0.3) is 5.69 Å². The average molecular weight is 266 g/mol. The van der Waals surface area contributed by atoms with E-state index in [0.29, 0.717) is 16.9 Å². The summed E-state index contributed by atoms with van der Waals surface area (Å²) < 4.78 is 24.0. The Kier molecular flexibility index (Phi) is 2.15. The Morgan fingerprint density at radius 3 is 2.72 bits per heavy atom. The quantitative estimate of drug-likeness (QED) is 0.776. The number of phenols is 1. The lowest BCUT2D eigenvalue weighted by Gasteiger charge is -2.02. The van der Waals surface area contributed by atoms with E-state index in [1.807, 2.05) is 0 Å². The third kappa shape index (κ3) is 1.63. The summed E-state index contributed by atoms with van der Waals surface area (Å²) >= 11 is 0. The molecule has 0 bridgehead atoms. The first kappa shape index (κ1) is 11.1. The molecule has 3 rings (SSSR count). The maximum absolute atomic E-state index is 12.0. The van der Waals surface area contributed by atoms with Crippen LogP contribution in [-0.2, 0) is 21.3 Å². The van der Waals surface area contributed by atoms with Crippen LogP contribution in [0.2, 0.25) is 0 Å². The Morgan fingerprint density at radius 2 is 2.06 bits per heavy atom. The minimum Gasteiger partial charge on any atom is -0.508 e. The molecule has 2 N–H and O–H groups in total. The number of aromatic nitrogens is 2. The predicted molar refractivity (Wildman–Crippen MR) is 64.4 cm³/mol. The number of sulfone groups is 1. The number of aromatic hydroxyl groups is 1. The van der Waals surface area contributed by atoms with Gasteiger partial charge in [0.1, 0.15) is 5.75 Å². The van der Waals surface area contributed by atoms with Gasteiger partial charge >= 0.3 is 0 Å². The number of nitrogens with one attached hydrogen (secondary N) is 1. The molecule has 7 heteroatoms. The fourth-order valence-electron chi connectivity index (χ4n) is 2.09. The van der Waals surface area contributed by atoms with Crippen LogP contribution in [-0.4, -0.2) is 23.3 Å². The lowest BCUT2D eigenvalue weighted by Crippen LogP contribution is -2.18. The number of aromatic amines is 1. The number of hydrogen-bond acceptors (Lipinski definition) is 4. The minimum absolute atomic E-state index is 0.0433. The summed E-state index contributed by atoms with van der Waals surface area (Å²) in [5.74, 6) is -0.311. The monoisotopic (exact) mass is 266 g/mol. The fourth-order valence-corrected chi connectivity index (χ4v) is 3.61. The van der Waals surface area contributed by atoms with Crippen molar-refractivity contribution in [2.24, 2.45) is 0 Å². The van der Waals surface area contributed by atoms with Crippen molar-refractivity contribution in [1.29, 1.82) is 0 Å². The molecular formula is C11H10N2O4S. The molecule has 0 aliphatic carbocycles. The normalized spacial score (nSPS) is 16.7. The van der Waals surface area contributed by atoms with Crippen LogP contribution in [0.3, 0.4) is 0 Å². The van der Waals surface area contributed by atoms with Crippen molar-refractivity contribution in [3.05, 3.63) is 45.9 Å². The van der Waals surface area contributed by atoms with Crippen LogP contribution in [0.1, 0.15) is 11.3 Å². The highest BCUT2D eigenvalue weighted by Crippen LogP contribution is 2.22. The van der Waals surface area contributed by atoms with Gasteiger partial charge in [-0.25, -0.2) is 13.1 Å². The van der Waals surface area contributed by atoms with Crippen LogP contribution >= 0.6 is 0 Å². The van der Waals surface area contributed by atoms with Crippen molar-refractivity contribution in [2.45, 2.75) is 11.5 Å². The Labute approximate surface area is 102 Å². The summed E-state index contributed by atoms with van der Waals surface area (Å²) in [6, 6.07) is 6.19. The van der Waals surface area contributed by atoms with Gasteiger partial charge in [-0.2, -0.15) is 0 Å². The molecule has 1 aromatic carbocycles. The molecular weight excluding hydrogens is 256 g/mol.